The quantitative estimate of drug-likeness (QED) is 0.0222. The molecule has 3 N–H and O–H groups in total. The number of rotatable bonds is 76. The summed E-state index contributed by atoms with van der Waals surface area (Å²) in [4.78, 5) is 72.8. The molecule has 0 aliphatic rings. The minimum absolute atomic E-state index is 0.108. The number of phosphoric ester groups is 2. The van der Waals surface area contributed by atoms with Crippen molar-refractivity contribution in [1.29, 1.82) is 0 Å². The van der Waals surface area contributed by atoms with Crippen molar-refractivity contribution in [1.82, 2.24) is 0 Å². The number of aliphatic hydroxyl groups excluding tert-OH is 1. The average Bonchev–Trinajstić information content (AvgIpc) is 1.43. The summed E-state index contributed by atoms with van der Waals surface area (Å²) in [5.74, 6) is -1.34. The molecule has 564 valence electrons. The third kappa shape index (κ3) is 70.3. The van der Waals surface area contributed by atoms with Crippen LogP contribution in [0.4, 0.5) is 0 Å². The number of carbonyl (C=O) groups excluding carboxylic acids is 4. The third-order valence-electron chi connectivity index (χ3n) is 17.8. The Kier molecular flexibility index (Phi) is 67.7. The Bertz CT molecular complexity index is 1820. The van der Waals surface area contributed by atoms with Crippen molar-refractivity contribution in [2.45, 2.75) is 419 Å². The number of aliphatic hydroxyl groups is 1. The number of unbranched alkanes of at least 4 members (excludes halogenated alkanes) is 48. The number of esters is 4. The van der Waals surface area contributed by atoms with Crippen LogP contribution in [0.25, 0.3) is 0 Å². The van der Waals surface area contributed by atoms with E-state index in [4.69, 9.17) is 37.0 Å². The fraction of sp³-hybridized carbons (Fsp3) is 0.947. The van der Waals surface area contributed by atoms with Crippen LogP contribution in [0.15, 0.2) is 0 Å². The summed E-state index contributed by atoms with van der Waals surface area (Å²) < 4.78 is 68.5. The van der Waals surface area contributed by atoms with Crippen molar-refractivity contribution in [2.75, 3.05) is 39.6 Å². The number of ether oxygens (including phenoxy) is 4. The van der Waals surface area contributed by atoms with Crippen LogP contribution < -0.4 is 0 Å². The smallest absolute Gasteiger partial charge is 0.462 e. The Morgan fingerprint density at radius 3 is 0.716 bits per heavy atom. The number of hydrogen-bond donors (Lipinski definition) is 3. The van der Waals surface area contributed by atoms with E-state index in [1.54, 1.807) is 0 Å². The lowest BCUT2D eigenvalue weighted by Gasteiger charge is -2.21. The van der Waals surface area contributed by atoms with Crippen LogP contribution in [-0.2, 0) is 65.4 Å². The molecule has 0 aliphatic heterocycles. The molecule has 0 amide bonds. The van der Waals surface area contributed by atoms with Crippen LogP contribution in [0.1, 0.15) is 401 Å². The molecule has 2 unspecified atom stereocenters. The third-order valence-corrected chi connectivity index (χ3v) is 19.7. The molecule has 95 heavy (non-hydrogen) atoms. The second-order valence-electron chi connectivity index (χ2n) is 27.9. The summed E-state index contributed by atoms with van der Waals surface area (Å²) >= 11 is 0. The van der Waals surface area contributed by atoms with Crippen molar-refractivity contribution in [3.8, 4) is 0 Å². The Morgan fingerprint density at radius 2 is 0.484 bits per heavy atom. The van der Waals surface area contributed by atoms with E-state index in [9.17, 15) is 43.2 Å². The first-order valence-corrected chi connectivity index (χ1v) is 42.6. The van der Waals surface area contributed by atoms with Gasteiger partial charge in [-0.3, -0.25) is 37.3 Å². The van der Waals surface area contributed by atoms with Crippen LogP contribution in [0.2, 0.25) is 0 Å². The normalized spacial score (nSPS) is 13.9. The standard InChI is InChI=1S/C76H148O17P2/c1-6-9-12-15-18-21-23-25-26-27-28-29-30-32-36-42-47-52-57-62-76(81)93-72(66-87-74(79)60-55-50-45-40-37-33-34-39-43-48-53-58-69(4)5)68-91-95(84,85)89-64-70(77)63-88-94(82,83)90-67-71(65-86-73(78)59-54-49-44-38-20-17-14-11-8-3)92-75(80)61-56-51-46-41-35-31-24-22-19-16-13-10-7-2/h69-72,77H,6-68H2,1-5H3,(H,82,83)(H,84,85)/t70-,71+,72+/m0/s1. The van der Waals surface area contributed by atoms with Gasteiger partial charge in [0.25, 0.3) is 0 Å². The topological polar surface area (TPSA) is 237 Å². The van der Waals surface area contributed by atoms with Crippen molar-refractivity contribution in [3.63, 3.8) is 0 Å². The van der Waals surface area contributed by atoms with Gasteiger partial charge in [0.05, 0.1) is 26.4 Å². The molecule has 0 bridgehead atoms. The van der Waals surface area contributed by atoms with Crippen LogP contribution in [0, 0.1) is 5.92 Å². The maximum atomic E-state index is 13.1. The molecular formula is C76H148O17P2. The van der Waals surface area contributed by atoms with Gasteiger partial charge in [0.15, 0.2) is 12.2 Å². The van der Waals surface area contributed by atoms with Gasteiger partial charge in [-0.25, -0.2) is 9.13 Å². The molecule has 19 heteroatoms. The highest BCUT2D eigenvalue weighted by molar-refractivity contribution is 7.47. The Balaban J connectivity index is 5.22. The van der Waals surface area contributed by atoms with Gasteiger partial charge in [0, 0.05) is 25.7 Å². The Labute approximate surface area is 581 Å². The van der Waals surface area contributed by atoms with Gasteiger partial charge < -0.3 is 33.8 Å². The number of phosphoric acid groups is 2. The van der Waals surface area contributed by atoms with E-state index in [0.717, 1.165) is 95.8 Å². The number of carbonyl (C=O) groups is 4. The molecule has 0 aromatic carbocycles. The highest BCUT2D eigenvalue weighted by atomic mass is 31.2. The summed E-state index contributed by atoms with van der Waals surface area (Å²) in [5, 5.41) is 10.6. The van der Waals surface area contributed by atoms with E-state index in [1.807, 2.05) is 0 Å². The lowest BCUT2D eigenvalue weighted by molar-refractivity contribution is -0.161. The zero-order chi connectivity index (χ0) is 69.8. The molecule has 0 saturated carbocycles. The van der Waals surface area contributed by atoms with Crippen LogP contribution >= 0.6 is 15.6 Å². The van der Waals surface area contributed by atoms with Gasteiger partial charge >= 0.3 is 39.5 Å². The van der Waals surface area contributed by atoms with E-state index >= 15 is 0 Å². The largest absolute Gasteiger partial charge is 0.472 e. The number of hydrogen-bond acceptors (Lipinski definition) is 15. The van der Waals surface area contributed by atoms with Crippen molar-refractivity contribution in [3.05, 3.63) is 0 Å². The molecule has 0 heterocycles. The predicted molar refractivity (Wildman–Crippen MR) is 386 cm³/mol. The monoisotopic (exact) mass is 1400 g/mol. The molecule has 0 aromatic rings. The summed E-state index contributed by atoms with van der Waals surface area (Å²) in [6.07, 6.45) is 58.2. The van der Waals surface area contributed by atoms with E-state index < -0.39 is 97.5 Å². The van der Waals surface area contributed by atoms with Gasteiger partial charge in [0.1, 0.15) is 19.3 Å². The van der Waals surface area contributed by atoms with E-state index in [1.165, 1.54) is 225 Å². The second kappa shape index (κ2) is 69.2. The molecular weight excluding hydrogens is 1250 g/mol. The first-order chi connectivity index (χ1) is 46.0. The molecule has 0 radical (unpaired) electrons. The van der Waals surface area contributed by atoms with Crippen LogP contribution in [-0.4, -0.2) is 96.7 Å². The Morgan fingerprint density at radius 1 is 0.284 bits per heavy atom. The maximum absolute atomic E-state index is 13.1. The van der Waals surface area contributed by atoms with Crippen LogP contribution in [0.5, 0.6) is 0 Å². The van der Waals surface area contributed by atoms with E-state index in [-0.39, 0.29) is 25.7 Å². The summed E-state index contributed by atoms with van der Waals surface area (Å²) in [6, 6.07) is 0. The average molecular weight is 1400 g/mol. The molecule has 0 rings (SSSR count). The second-order valence-corrected chi connectivity index (χ2v) is 30.8. The summed E-state index contributed by atoms with van der Waals surface area (Å²) in [6.45, 7) is 7.29. The predicted octanol–water partition coefficient (Wildman–Crippen LogP) is 22.5. The van der Waals surface area contributed by atoms with Gasteiger partial charge in [-0.1, -0.05) is 349 Å². The minimum atomic E-state index is -4.96. The highest BCUT2D eigenvalue weighted by Crippen LogP contribution is 2.45. The van der Waals surface area contributed by atoms with Gasteiger partial charge in [-0.15, -0.1) is 0 Å². The molecule has 0 aromatic heterocycles. The molecule has 0 spiro atoms. The Hall–Kier alpha value is -1.94. The highest BCUT2D eigenvalue weighted by Gasteiger charge is 2.30. The van der Waals surface area contributed by atoms with Crippen molar-refractivity contribution >= 4 is 39.5 Å². The fourth-order valence-corrected chi connectivity index (χ4v) is 13.3. The summed E-state index contributed by atoms with van der Waals surface area (Å²) in [5.41, 5.74) is 0. The van der Waals surface area contributed by atoms with Gasteiger partial charge in [-0.05, 0) is 31.6 Å². The minimum Gasteiger partial charge on any atom is -0.462 e. The molecule has 0 saturated heterocycles. The van der Waals surface area contributed by atoms with E-state index in [0.29, 0.717) is 25.7 Å². The van der Waals surface area contributed by atoms with Crippen molar-refractivity contribution < 1.29 is 80.2 Å². The molecule has 5 atom stereocenters. The zero-order valence-corrected chi connectivity index (χ0v) is 63.6. The zero-order valence-electron chi connectivity index (χ0n) is 61.8. The molecule has 17 nitrogen and oxygen atoms in total. The van der Waals surface area contributed by atoms with Crippen molar-refractivity contribution in [2.24, 2.45) is 5.92 Å². The SMILES string of the molecule is CCCCCCCCCCCCCCCCCCCCCC(=O)O[C@H](COC(=O)CCCCCCCCCCCCCC(C)C)COP(=O)(O)OC[C@@H](O)COP(=O)(O)OC[C@@H](COC(=O)CCCCCCCCCCC)OC(=O)CCCCCCCCCCCCCCC. The molecule has 0 fully saturated rings. The fourth-order valence-electron chi connectivity index (χ4n) is 11.7. The first-order valence-electron chi connectivity index (χ1n) is 39.6. The van der Waals surface area contributed by atoms with Gasteiger partial charge in [0.2, 0.25) is 0 Å². The first kappa shape index (κ1) is 93.1. The lowest BCUT2D eigenvalue weighted by atomic mass is 10.0. The van der Waals surface area contributed by atoms with Crippen LogP contribution in [0.3, 0.4) is 0 Å². The van der Waals surface area contributed by atoms with E-state index in [2.05, 4.69) is 34.6 Å². The van der Waals surface area contributed by atoms with Gasteiger partial charge in [-0.2, -0.15) is 0 Å². The maximum Gasteiger partial charge on any atom is 0.472 e. The summed E-state index contributed by atoms with van der Waals surface area (Å²) in [7, 11) is -9.91. The lowest BCUT2D eigenvalue weighted by Crippen LogP contribution is -2.30. The molecule has 0 aliphatic carbocycles.